The first-order chi connectivity index (χ1) is 16.1. The minimum atomic E-state index is -0.0409. The summed E-state index contributed by atoms with van der Waals surface area (Å²) in [6, 6.07) is 15.1. The molecule has 5 nitrogen and oxygen atoms in total. The number of halogens is 2. The highest BCUT2D eigenvalue weighted by Gasteiger charge is 2.25. The first-order valence-electron chi connectivity index (χ1n) is 10.7. The number of aryl methyl sites for hydroxylation is 2. The SMILES string of the molecule is O=c1c2c3c(sc2n2c(SCc4ccc(Cl)cc4)nnc2n1-c1ccc(Cl)cc1)CCCC3. The minimum absolute atomic E-state index is 0.0409. The number of nitrogens with zero attached hydrogens (tertiary/aromatic N) is 4. The Bertz CT molecular complexity index is 1550. The number of rotatable bonds is 4. The summed E-state index contributed by atoms with van der Waals surface area (Å²) in [5, 5.41) is 11.9. The van der Waals surface area contributed by atoms with Crippen molar-refractivity contribution < 1.29 is 0 Å². The second-order valence-electron chi connectivity index (χ2n) is 8.04. The normalized spacial score (nSPS) is 13.6. The molecule has 0 amide bonds. The van der Waals surface area contributed by atoms with E-state index in [-0.39, 0.29) is 5.56 Å². The molecule has 0 aliphatic heterocycles. The van der Waals surface area contributed by atoms with Crippen molar-refractivity contribution in [2.24, 2.45) is 0 Å². The molecule has 5 aromatic rings. The Hall–Kier alpha value is -2.32. The lowest BCUT2D eigenvalue weighted by atomic mass is 9.97. The molecule has 1 aliphatic rings. The van der Waals surface area contributed by atoms with Gasteiger partial charge in [-0.25, -0.2) is 8.97 Å². The van der Waals surface area contributed by atoms with Crippen LogP contribution in [0.1, 0.15) is 28.8 Å². The van der Waals surface area contributed by atoms with Crippen LogP contribution in [0.15, 0.2) is 58.5 Å². The Morgan fingerprint density at radius 1 is 0.939 bits per heavy atom. The van der Waals surface area contributed by atoms with Gasteiger partial charge in [0.2, 0.25) is 5.78 Å². The van der Waals surface area contributed by atoms with Gasteiger partial charge in [0.15, 0.2) is 5.16 Å². The number of aromatic nitrogens is 4. The van der Waals surface area contributed by atoms with Gasteiger partial charge in [0.05, 0.1) is 11.1 Å². The van der Waals surface area contributed by atoms with E-state index in [9.17, 15) is 4.79 Å². The molecule has 33 heavy (non-hydrogen) atoms. The summed E-state index contributed by atoms with van der Waals surface area (Å²) >= 11 is 15.5. The Kier molecular flexibility index (Phi) is 5.45. The summed E-state index contributed by atoms with van der Waals surface area (Å²) in [7, 11) is 0. The number of thioether (sulfide) groups is 1. The maximum atomic E-state index is 13.8. The van der Waals surface area contributed by atoms with Crippen molar-refractivity contribution in [2.45, 2.75) is 36.6 Å². The van der Waals surface area contributed by atoms with Crippen molar-refractivity contribution >= 4 is 62.3 Å². The van der Waals surface area contributed by atoms with Gasteiger partial charge in [-0.2, -0.15) is 0 Å². The van der Waals surface area contributed by atoms with Crippen molar-refractivity contribution in [2.75, 3.05) is 0 Å². The van der Waals surface area contributed by atoms with Gasteiger partial charge in [-0.3, -0.25) is 4.79 Å². The molecular weight excluding hydrogens is 495 g/mol. The fourth-order valence-electron chi connectivity index (χ4n) is 4.36. The third kappa shape index (κ3) is 3.67. The molecule has 0 saturated carbocycles. The second-order valence-corrected chi connectivity index (χ2v) is 10.9. The number of fused-ring (bicyclic) bond motifs is 5. The van der Waals surface area contributed by atoms with Gasteiger partial charge in [-0.1, -0.05) is 47.1 Å². The molecule has 0 spiro atoms. The van der Waals surface area contributed by atoms with Crippen LogP contribution < -0.4 is 5.56 Å². The Labute approximate surface area is 208 Å². The molecule has 3 heterocycles. The molecule has 0 saturated heterocycles. The predicted molar refractivity (Wildman–Crippen MR) is 137 cm³/mol. The first-order valence-corrected chi connectivity index (χ1v) is 13.2. The van der Waals surface area contributed by atoms with E-state index in [1.807, 2.05) is 36.4 Å². The molecule has 166 valence electrons. The van der Waals surface area contributed by atoms with E-state index in [1.165, 1.54) is 10.4 Å². The zero-order chi connectivity index (χ0) is 22.5. The fourth-order valence-corrected chi connectivity index (χ4v) is 6.94. The molecule has 0 unspecified atom stereocenters. The molecule has 0 radical (unpaired) electrons. The van der Waals surface area contributed by atoms with Gasteiger partial charge in [-0.05, 0) is 73.2 Å². The van der Waals surface area contributed by atoms with Crippen LogP contribution in [0.3, 0.4) is 0 Å². The number of thiophene rings is 1. The molecular formula is C24H18Cl2N4OS2. The molecule has 1 aliphatic carbocycles. The average molecular weight is 513 g/mol. The van der Waals surface area contributed by atoms with Gasteiger partial charge in [0.1, 0.15) is 4.83 Å². The molecule has 6 rings (SSSR count). The Morgan fingerprint density at radius 2 is 1.64 bits per heavy atom. The highest BCUT2D eigenvalue weighted by molar-refractivity contribution is 7.98. The highest BCUT2D eigenvalue weighted by atomic mass is 35.5. The standard InChI is InChI=1S/C24H18Cl2N4OS2/c25-15-7-5-14(6-8-15)13-32-24-28-27-23-29(17-11-9-16(26)10-12-17)21(31)20-18-3-1-2-4-19(18)33-22(20)30(23)24/h5-12H,1-4,13H2. The summed E-state index contributed by atoms with van der Waals surface area (Å²) < 4.78 is 3.72. The smallest absolute Gasteiger partial charge is 0.268 e. The third-order valence-corrected chi connectivity index (χ3v) is 8.74. The van der Waals surface area contributed by atoms with E-state index in [2.05, 4.69) is 14.6 Å². The average Bonchev–Trinajstić information content (AvgIpc) is 3.41. The van der Waals surface area contributed by atoms with E-state index >= 15 is 0 Å². The zero-order valence-electron chi connectivity index (χ0n) is 17.4. The van der Waals surface area contributed by atoms with Gasteiger partial charge < -0.3 is 0 Å². The Balaban J connectivity index is 1.58. The van der Waals surface area contributed by atoms with E-state index < -0.39 is 0 Å². The quantitative estimate of drug-likeness (QED) is 0.255. The van der Waals surface area contributed by atoms with Crippen LogP contribution in [0.25, 0.3) is 21.7 Å². The van der Waals surface area contributed by atoms with Gasteiger partial charge >= 0.3 is 0 Å². The molecule has 2 aromatic carbocycles. The summed E-state index contributed by atoms with van der Waals surface area (Å²) in [6.07, 6.45) is 4.23. The topological polar surface area (TPSA) is 52.2 Å². The first kappa shape index (κ1) is 21.2. The van der Waals surface area contributed by atoms with Crippen LogP contribution in [0, 0.1) is 0 Å². The molecule has 0 bridgehead atoms. The predicted octanol–water partition coefficient (Wildman–Crippen LogP) is 6.57. The molecule has 9 heteroatoms. The summed E-state index contributed by atoms with van der Waals surface area (Å²) in [5.41, 5.74) is 3.03. The third-order valence-electron chi connectivity index (χ3n) is 5.96. The van der Waals surface area contributed by atoms with Crippen molar-refractivity contribution in [3.05, 3.63) is 84.9 Å². The van der Waals surface area contributed by atoms with Gasteiger partial charge in [-0.15, -0.1) is 21.5 Å². The fraction of sp³-hybridized carbons (Fsp3) is 0.208. The van der Waals surface area contributed by atoms with E-state index in [1.54, 1.807) is 39.8 Å². The van der Waals surface area contributed by atoms with E-state index in [4.69, 9.17) is 23.2 Å². The highest BCUT2D eigenvalue weighted by Crippen LogP contribution is 2.37. The van der Waals surface area contributed by atoms with Gasteiger partial charge in [0, 0.05) is 20.7 Å². The molecule has 0 N–H and O–H groups in total. The summed E-state index contributed by atoms with van der Waals surface area (Å²) in [4.78, 5) is 16.1. The zero-order valence-corrected chi connectivity index (χ0v) is 20.6. The largest absolute Gasteiger partial charge is 0.268 e. The monoisotopic (exact) mass is 512 g/mol. The van der Waals surface area contributed by atoms with Crippen molar-refractivity contribution in [1.29, 1.82) is 0 Å². The lowest BCUT2D eigenvalue weighted by molar-refractivity contribution is 0.699. The van der Waals surface area contributed by atoms with Crippen LogP contribution in [0.2, 0.25) is 10.0 Å². The minimum Gasteiger partial charge on any atom is -0.268 e. The van der Waals surface area contributed by atoms with Gasteiger partial charge in [0.25, 0.3) is 5.56 Å². The van der Waals surface area contributed by atoms with Crippen molar-refractivity contribution in [1.82, 2.24) is 19.2 Å². The number of hydrogen-bond donors (Lipinski definition) is 0. The maximum absolute atomic E-state index is 13.8. The number of benzene rings is 2. The number of hydrogen-bond acceptors (Lipinski definition) is 5. The van der Waals surface area contributed by atoms with Crippen LogP contribution in [-0.4, -0.2) is 19.2 Å². The lowest BCUT2D eigenvalue weighted by Gasteiger charge is -2.12. The van der Waals surface area contributed by atoms with E-state index in [0.717, 1.165) is 63.1 Å². The Morgan fingerprint density at radius 3 is 2.39 bits per heavy atom. The van der Waals surface area contributed by atoms with Crippen molar-refractivity contribution in [3.8, 4) is 5.69 Å². The van der Waals surface area contributed by atoms with Crippen LogP contribution >= 0.6 is 46.3 Å². The van der Waals surface area contributed by atoms with Crippen LogP contribution in [-0.2, 0) is 18.6 Å². The molecule has 0 atom stereocenters. The molecule has 3 aromatic heterocycles. The summed E-state index contributed by atoms with van der Waals surface area (Å²) in [6.45, 7) is 0. The summed E-state index contributed by atoms with van der Waals surface area (Å²) in [5.74, 6) is 1.25. The lowest BCUT2D eigenvalue weighted by Crippen LogP contribution is -2.22. The van der Waals surface area contributed by atoms with Crippen molar-refractivity contribution in [3.63, 3.8) is 0 Å². The molecule has 0 fully saturated rings. The van der Waals surface area contributed by atoms with E-state index in [0.29, 0.717) is 10.8 Å². The van der Waals surface area contributed by atoms with Crippen LogP contribution in [0.4, 0.5) is 0 Å². The maximum Gasteiger partial charge on any atom is 0.268 e. The van der Waals surface area contributed by atoms with Crippen LogP contribution in [0.5, 0.6) is 0 Å². The second kappa shape index (κ2) is 8.47.